The van der Waals surface area contributed by atoms with Gasteiger partial charge in [0, 0.05) is 20.7 Å². The summed E-state index contributed by atoms with van der Waals surface area (Å²) in [7, 11) is 0. The summed E-state index contributed by atoms with van der Waals surface area (Å²) in [5, 5.41) is 4.42. The molecular weight excluding hydrogens is 375 g/mol. The van der Waals surface area contributed by atoms with Crippen molar-refractivity contribution in [2.75, 3.05) is 0 Å². The summed E-state index contributed by atoms with van der Waals surface area (Å²) in [6.07, 6.45) is 0. The maximum Gasteiger partial charge on any atom is 0.260 e. The molecule has 0 aliphatic carbocycles. The normalized spacial score (nSPS) is 12.6. The summed E-state index contributed by atoms with van der Waals surface area (Å²) >= 11 is 4.40. The molecule has 0 fully saturated rings. The van der Waals surface area contributed by atoms with Crippen LogP contribution in [0.2, 0.25) is 0 Å². The Kier molecular flexibility index (Phi) is 4.45. The first-order valence-corrected chi connectivity index (χ1v) is 10.2. The largest absolute Gasteiger partial charge is 0.309 e. The lowest BCUT2D eigenvalue weighted by Gasteiger charge is -2.11. The fourth-order valence-corrected chi connectivity index (χ4v) is 5.27. The molecule has 0 aliphatic heterocycles. The van der Waals surface area contributed by atoms with Gasteiger partial charge in [0.05, 0.1) is 10.6 Å². The Hall–Kier alpha value is -1.96. The number of thioether (sulfide) groups is 1. The zero-order valence-corrected chi connectivity index (χ0v) is 15.6. The lowest BCUT2D eigenvalue weighted by Crippen LogP contribution is -2.12. The highest BCUT2D eigenvalue weighted by Crippen LogP contribution is 2.37. The molecule has 0 radical (unpaired) electrons. The van der Waals surface area contributed by atoms with Crippen LogP contribution in [0.1, 0.15) is 18.0 Å². The number of hydrogen-bond acceptors (Lipinski definition) is 5. The molecule has 7 heteroatoms. The number of hydrogen-bond donors (Lipinski definition) is 1. The van der Waals surface area contributed by atoms with Crippen LogP contribution in [0.5, 0.6) is 0 Å². The van der Waals surface area contributed by atoms with Crippen LogP contribution in [0.3, 0.4) is 0 Å². The number of fused-ring (bicyclic) bond motifs is 1. The molecule has 25 heavy (non-hydrogen) atoms. The van der Waals surface area contributed by atoms with Crippen molar-refractivity contribution >= 4 is 44.7 Å². The van der Waals surface area contributed by atoms with Gasteiger partial charge in [-0.1, -0.05) is 18.2 Å². The zero-order valence-electron chi connectivity index (χ0n) is 13.2. The Morgan fingerprint density at radius 3 is 2.80 bits per heavy atom. The molecule has 0 bridgehead atoms. The number of benzene rings is 1. The molecule has 1 atom stereocenters. The predicted molar refractivity (Wildman–Crippen MR) is 104 cm³/mol. The van der Waals surface area contributed by atoms with E-state index in [1.54, 1.807) is 29.5 Å². The van der Waals surface area contributed by atoms with E-state index < -0.39 is 0 Å². The summed E-state index contributed by atoms with van der Waals surface area (Å²) < 4.78 is 13.8. The maximum atomic E-state index is 13.8. The number of nitrogens with zero attached hydrogens (tertiary/aromatic N) is 1. The van der Waals surface area contributed by atoms with Gasteiger partial charge >= 0.3 is 0 Å². The zero-order chi connectivity index (χ0) is 17.4. The number of H-pyrrole nitrogens is 1. The molecule has 4 rings (SSSR count). The standard InChI is InChI=1S/C18H13FN2OS3/c1-10(25-14-6-3-2-5-12(14)19)16-20-17(22)15-11(9-24-18(15)21-16)13-7-4-8-23-13/h2-10H,1H3,(H,20,21,22)/t10-/m0/s1. The van der Waals surface area contributed by atoms with E-state index in [0.717, 1.165) is 10.4 Å². The minimum atomic E-state index is -0.265. The minimum absolute atomic E-state index is 0.148. The van der Waals surface area contributed by atoms with Crippen molar-refractivity contribution in [3.05, 3.63) is 69.2 Å². The van der Waals surface area contributed by atoms with E-state index in [0.29, 0.717) is 20.9 Å². The van der Waals surface area contributed by atoms with Gasteiger partial charge in [-0.3, -0.25) is 4.79 Å². The molecule has 0 saturated carbocycles. The fraction of sp³-hybridized carbons (Fsp3) is 0.111. The molecule has 0 amide bonds. The highest BCUT2D eigenvalue weighted by molar-refractivity contribution is 7.99. The summed E-state index contributed by atoms with van der Waals surface area (Å²) in [5.74, 6) is 0.296. The molecule has 0 saturated heterocycles. The van der Waals surface area contributed by atoms with Crippen molar-refractivity contribution in [3.8, 4) is 10.4 Å². The topological polar surface area (TPSA) is 45.8 Å². The van der Waals surface area contributed by atoms with Gasteiger partial charge in [0.25, 0.3) is 5.56 Å². The van der Waals surface area contributed by atoms with E-state index in [4.69, 9.17) is 0 Å². The second kappa shape index (κ2) is 6.74. The molecule has 0 unspecified atom stereocenters. The molecular formula is C18H13FN2OS3. The van der Waals surface area contributed by atoms with Crippen molar-refractivity contribution in [1.82, 2.24) is 9.97 Å². The molecule has 126 valence electrons. The number of thiophene rings is 2. The third-order valence-electron chi connectivity index (χ3n) is 3.77. The van der Waals surface area contributed by atoms with Crippen molar-refractivity contribution in [1.29, 1.82) is 0 Å². The molecule has 4 aromatic rings. The van der Waals surface area contributed by atoms with Crippen LogP contribution in [0.4, 0.5) is 4.39 Å². The number of nitrogens with one attached hydrogen (secondary N) is 1. The van der Waals surface area contributed by atoms with Crippen molar-refractivity contribution in [2.24, 2.45) is 0 Å². The molecule has 3 nitrogen and oxygen atoms in total. The molecule has 0 aliphatic rings. The molecule has 0 spiro atoms. The lowest BCUT2D eigenvalue weighted by atomic mass is 10.2. The van der Waals surface area contributed by atoms with Gasteiger partial charge in [0.15, 0.2) is 0 Å². The maximum absolute atomic E-state index is 13.8. The van der Waals surface area contributed by atoms with Gasteiger partial charge in [-0.15, -0.1) is 34.4 Å². The van der Waals surface area contributed by atoms with Gasteiger partial charge < -0.3 is 4.98 Å². The van der Waals surface area contributed by atoms with E-state index >= 15 is 0 Å². The number of rotatable bonds is 4. The van der Waals surface area contributed by atoms with Crippen LogP contribution in [-0.2, 0) is 0 Å². The first-order valence-electron chi connectivity index (χ1n) is 7.60. The molecule has 3 aromatic heterocycles. The van der Waals surface area contributed by atoms with Crippen LogP contribution in [0.15, 0.2) is 56.8 Å². The highest BCUT2D eigenvalue weighted by Gasteiger charge is 2.17. The van der Waals surface area contributed by atoms with Gasteiger partial charge in [0.2, 0.25) is 0 Å². The predicted octanol–water partition coefficient (Wildman–Crippen LogP) is 5.71. The summed E-state index contributed by atoms with van der Waals surface area (Å²) in [6.45, 7) is 1.91. The van der Waals surface area contributed by atoms with E-state index in [1.165, 1.54) is 29.2 Å². The summed E-state index contributed by atoms with van der Waals surface area (Å²) in [4.78, 5) is 22.4. The second-order valence-electron chi connectivity index (χ2n) is 5.45. The third kappa shape index (κ3) is 3.15. The van der Waals surface area contributed by atoms with E-state index in [9.17, 15) is 9.18 Å². The van der Waals surface area contributed by atoms with E-state index in [2.05, 4.69) is 9.97 Å². The average Bonchev–Trinajstić information content (AvgIpc) is 3.25. The first kappa shape index (κ1) is 16.5. The van der Waals surface area contributed by atoms with E-state index in [-0.39, 0.29) is 16.6 Å². The SMILES string of the molecule is C[C@H](Sc1ccccc1F)c1nc2scc(-c3cccs3)c2c(=O)[nH]1. The van der Waals surface area contributed by atoms with Gasteiger partial charge in [-0.05, 0) is 30.5 Å². The van der Waals surface area contributed by atoms with Gasteiger partial charge in [0.1, 0.15) is 16.5 Å². The lowest BCUT2D eigenvalue weighted by molar-refractivity contribution is 0.601. The van der Waals surface area contributed by atoms with E-state index in [1.807, 2.05) is 29.8 Å². The Bertz CT molecular complexity index is 1090. The minimum Gasteiger partial charge on any atom is -0.309 e. The highest BCUT2D eigenvalue weighted by atomic mass is 32.2. The fourth-order valence-electron chi connectivity index (χ4n) is 2.56. The molecule has 1 N–H and O–H groups in total. The first-order chi connectivity index (χ1) is 12.1. The molecule has 3 heterocycles. The summed E-state index contributed by atoms with van der Waals surface area (Å²) in [6, 6.07) is 10.6. The van der Waals surface area contributed by atoms with Crippen molar-refractivity contribution < 1.29 is 4.39 Å². The quantitative estimate of drug-likeness (QED) is 0.456. The molecule has 1 aromatic carbocycles. The van der Waals surface area contributed by atoms with Crippen LogP contribution in [0.25, 0.3) is 20.7 Å². The van der Waals surface area contributed by atoms with Gasteiger partial charge in [-0.2, -0.15) is 0 Å². The Morgan fingerprint density at radius 2 is 2.04 bits per heavy atom. The van der Waals surface area contributed by atoms with Gasteiger partial charge in [-0.25, -0.2) is 9.37 Å². The summed E-state index contributed by atoms with van der Waals surface area (Å²) in [5.41, 5.74) is 0.773. The third-order valence-corrected chi connectivity index (χ3v) is 6.71. The number of aromatic amines is 1. The smallest absolute Gasteiger partial charge is 0.260 e. The monoisotopic (exact) mass is 388 g/mol. The van der Waals surface area contributed by atoms with Crippen LogP contribution in [0, 0.1) is 5.82 Å². The number of halogens is 1. The Balaban J connectivity index is 1.72. The van der Waals surface area contributed by atoms with Crippen molar-refractivity contribution in [2.45, 2.75) is 17.1 Å². The Labute approximate surface area is 155 Å². The van der Waals surface area contributed by atoms with Crippen molar-refractivity contribution in [3.63, 3.8) is 0 Å². The van der Waals surface area contributed by atoms with Crippen LogP contribution in [-0.4, -0.2) is 9.97 Å². The Morgan fingerprint density at radius 1 is 1.20 bits per heavy atom. The van der Waals surface area contributed by atoms with Crippen LogP contribution >= 0.6 is 34.4 Å². The second-order valence-corrected chi connectivity index (χ2v) is 8.64. The van der Waals surface area contributed by atoms with Crippen LogP contribution < -0.4 is 5.56 Å². The number of aromatic nitrogens is 2. The average molecular weight is 389 g/mol.